The second kappa shape index (κ2) is 6.27. The Bertz CT molecular complexity index is 461. The SMILES string of the molecule is CN(C)C(=O)CCNc1cc(Br)ccc1C(F)(F)F. The summed E-state index contributed by atoms with van der Waals surface area (Å²) >= 11 is 3.12. The summed E-state index contributed by atoms with van der Waals surface area (Å²) in [5, 5.41) is 2.65. The average Bonchev–Trinajstić information content (AvgIpc) is 2.27. The van der Waals surface area contributed by atoms with E-state index < -0.39 is 11.7 Å². The number of amides is 1. The van der Waals surface area contributed by atoms with Gasteiger partial charge in [-0.25, -0.2) is 0 Å². The molecular weight excluding hydrogens is 325 g/mol. The molecule has 19 heavy (non-hydrogen) atoms. The molecule has 7 heteroatoms. The van der Waals surface area contributed by atoms with E-state index in [2.05, 4.69) is 21.2 Å². The van der Waals surface area contributed by atoms with Crippen LogP contribution in [0.1, 0.15) is 12.0 Å². The van der Waals surface area contributed by atoms with Gasteiger partial charge in [-0.05, 0) is 18.2 Å². The molecule has 0 bridgehead atoms. The van der Waals surface area contributed by atoms with E-state index in [4.69, 9.17) is 0 Å². The highest BCUT2D eigenvalue weighted by Gasteiger charge is 2.33. The van der Waals surface area contributed by atoms with Crippen molar-refractivity contribution >= 4 is 27.5 Å². The minimum Gasteiger partial charge on any atom is -0.384 e. The maximum Gasteiger partial charge on any atom is 0.418 e. The number of halogens is 4. The lowest BCUT2D eigenvalue weighted by Gasteiger charge is -2.15. The normalized spacial score (nSPS) is 11.3. The first-order valence-electron chi connectivity index (χ1n) is 5.52. The molecule has 0 atom stereocenters. The molecule has 0 heterocycles. The molecule has 0 spiro atoms. The molecule has 0 radical (unpaired) electrons. The molecule has 1 aromatic rings. The Morgan fingerprint density at radius 2 is 2.00 bits per heavy atom. The fourth-order valence-electron chi connectivity index (χ4n) is 1.44. The number of alkyl halides is 3. The van der Waals surface area contributed by atoms with E-state index in [1.165, 1.54) is 17.0 Å². The Balaban J connectivity index is 2.77. The molecule has 0 fully saturated rings. The van der Waals surface area contributed by atoms with Crippen LogP contribution in [0.25, 0.3) is 0 Å². The van der Waals surface area contributed by atoms with Gasteiger partial charge in [-0.1, -0.05) is 15.9 Å². The lowest BCUT2D eigenvalue weighted by molar-refractivity contribution is -0.137. The Hall–Kier alpha value is -1.24. The monoisotopic (exact) mass is 338 g/mol. The summed E-state index contributed by atoms with van der Waals surface area (Å²) in [7, 11) is 3.20. The molecule has 106 valence electrons. The number of benzene rings is 1. The zero-order chi connectivity index (χ0) is 14.6. The van der Waals surface area contributed by atoms with E-state index in [1.807, 2.05) is 0 Å². The van der Waals surface area contributed by atoms with Crippen molar-refractivity contribution in [1.29, 1.82) is 0 Å². The lowest BCUT2D eigenvalue weighted by Crippen LogP contribution is -2.24. The first kappa shape index (κ1) is 15.8. The van der Waals surface area contributed by atoms with Gasteiger partial charge in [0.1, 0.15) is 0 Å². The van der Waals surface area contributed by atoms with Crippen molar-refractivity contribution in [2.24, 2.45) is 0 Å². The lowest BCUT2D eigenvalue weighted by atomic mass is 10.1. The van der Waals surface area contributed by atoms with Crippen molar-refractivity contribution in [3.8, 4) is 0 Å². The van der Waals surface area contributed by atoms with Crippen LogP contribution < -0.4 is 5.32 Å². The molecule has 1 amide bonds. The summed E-state index contributed by atoms with van der Waals surface area (Å²) in [5.74, 6) is -0.143. The Morgan fingerprint density at radius 3 is 2.53 bits per heavy atom. The second-order valence-corrected chi connectivity index (χ2v) is 5.07. The van der Waals surface area contributed by atoms with Crippen LogP contribution in [0.15, 0.2) is 22.7 Å². The summed E-state index contributed by atoms with van der Waals surface area (Å²) in [6, 6.07) is 3.68. The zero-order valence-corrected chi connectivity index (χ0v) is 12.1. The van der Waals surface area contributed by atoms with Gasteiger partial charge in [-0.15, -0.1) is 0 Å². The topological polar surface area (TPSA) is 32.3 Å². The predicted octanol–water partition coefficient (Wildman–Crippen LogP) is 3.36. The van der Waals surface area contributed by atoms with E-state index >= 15 is 0 Å². The number of nitrogens with zero attached hydrogens (tertiary/aromatic N) is 1. The molecule has 0 aliphatic carbocycles. The Kier molecular flexibility index (Phi) is 5.22. The average molecular weight is 339 g/mol. The molecule has 1 aromatic carbocycles. The van der Waals surface area contributed by atoms with Gasteiger partial charge in [0.15, 0.2) is 0 Å². The highest BCUT2D eigenvalue weighted by Crippen LogP contribution is 2.36. The van der Waals surface area contributed by atoms with Crippen LogP contribution in [0.4, 0.5) is 18.9 Å². The standard InChI is InChI=1S/C12H14BrF3N2O/c1-18(2)11(19)5-6-17-10-7-8(13)3-4-9(10)12(14,15)16/h3-4,7,17H,5-6H2,1-2H3. The minimum atomic E-state index is -4.42. The van der Waals surface area contributed by atoms with Gasteiger partial charge in [0, 0.05) is 37.2 Å². The molecule has 0 aliphatic heterocycles. The maximum absolute atomic E-state index is 12.8. The van der Waals surface area contributed by atoms with Gasteiger partial charge in [0.2, 0.25) is 5.91 Å². The molecule has 0 unspecified atom stereocenters. The van der Waals surface area contributed by atoms with Gasteiger partial charge in [0.25, 0.3) is 0 Å². The summed E-state index contributed by atoms with van der Waals surface area (Å²) in [5.41, 5.74) is -0.776. The highest BCUT2D eigenvalue weighted by molar-refractivity contribution is 9.10. The van der Waals surface area contributed by atoms with E-state index in [1.54, 1.807) is 14.1 Å². The smallest absolute Gasteiger partial charge is 0.384 e. The van der Waals surface area contributed by atoms with E-state index in [9.17, 15) is 18.0 Å². The van der Waals surface area contributed by atoms with Crippen molar-refractivity contribution < 1.29 is 18.0 Å². The maximum atomic E-state index is 12.8. The minimum absolute atomic E-state index is 0.0339. The molecule has 0 aliphatic rings. The molecule has 3 nitrogen and oxygen atoms in total. The van der Waals surface area contributed by atoms with Crippen LogP contribution in [0.2, 0.25) is 0 Å². The van der Waals surface area contributed by atoms with Crippen LogP contribution in [-0.2, 0) is 11.0 Å². The van der Waals surface area contributed by atoms with Gasteiger partial charge >= 0.3 is 6.18 Å². The molecule has 0 saturated heterocycles. The van der Waals surface area contributed by atoms with Crippen molar-refractivity contribution in [2.75, 3.05) is 26.0 Å². The third kappa shape index (κ3) is 4.74. The van der Waals surface area contributed by atoms with Crippen molar-refractivity contribution in [2.45, 2.75) is 12.6 Å². The van der Waals surface area contributed by atoms with Gasteiger partial charge < -0.3 is 10.2 Å². The third-order valence-corrected chi connectivity index (χ3v) is 2.93. The van der Waals surface area contributed by atoms with E-state index in [0.717, 1.165) is 6.07 Å². The first-order valence-corrected chi connectivity index (χ1v) is 6.32. The molecular formula is C12H14BrF3N2O. The summed E-state index contributed by atoms with van der Waals surface area (Å²) in [4.78, 5) is 12.7. The summed E-state index contributed by atoms with van der Waals surface area (Å²) in [6.45, 7) is 0.149. The van der Waals surface area contributed by atoms with Crippen LogP contribution >= 0.6 is 15.9 Å². The van der Waals surface area contributed by atoms with Crippen LogP contribution in [0.3, 0.4) is 0 Å². The van der Waals surface area contributed by atoms with Crippen LogP contribution in [0.5, 0.6) is 0 Å². The zero-order valence-electron chi connectivity index (χ0n) is 10.5. The van der Waals surface area contributed by atoms with E-state index in [-0.39, 0.29) is 24.6 Å². The fourth-order valence-corrected chi connectivity index (χ4v) is 1.80. The van der Waals surface area contributed by atoms with Crippen LogP contribution in [0, 0.1) is 0 Å². The van der Waals surface area contributed by atoms with Crippen molar-refractivity contribution in [3.05, 3.63) is 28.2 Å². The molecule has 1 N–H and O–H groups in total. The number of carbonyl (C=O) groups is 1. The van der Waals surface area contributed by atoms with Crippen molar-refractivity contribution in [1.82, 2.24) is 4.90 Å². The molecule has 0 saturated carbocycles. The molecule has 0 aromatic heterocycles. The summed E-state index contributed by atoms with van der Waals surface area (Å²) < 4.78 is 38.8. The van der Waals surface area contributed by atoms with Gasteiger partial charge in [-0.2, -0.15) is 13.2 Å². The number of hydrogen-bond acceptors (Lipinski definition) is 2. The largest absolute Gasteiger partial charge is 0.418 e. The number of rotatable bonds is 4. The molecule has 1 rings (SSSR count). The fraction of sp³-hybridized carbons (Fsp3) is 0.417. The van der Waals surface area contributed by atoms with Crippen molar-refractivity contribution in [3.63, 3.8) is 0 Å². The first-order chi connectivity index (χ1) is 8.71. The number of anilines is 1. The van der Waals surface area contributed by atoms with Gasteiger partial charge in [-0.3, -0.25) is 4.79 Å². The second-order valence-electron chi connectivity index (χ2n) is 4.15. The summed E-state index contributed by atoms with van der Waals surface area (Å²) in [6.07, 6.45) is -4.29. The predicted molar refractivity (Wildman–Crippen MR) is 70.9 cm³/mol. The van der Waals surface area contributed by atoms with Crippen LogP contribution in [-0.4, -0.2) is 31.4 Å². The quantitative estimate of drug-likeness (QED) is 0.912. The van der Waals surface area contributed by atoms with E-state index in [0.29, 0.717) is 4.47 Å². The number of carbonyl (C=O) groups excluding carboxylic acids is 1. The van der Waals surface area contributed by atoms with Gasteiger partial charge in [0.05, 0.1) is 5.56 Å². The highest BCUT2D eigenvalue weighted by atomic mass is 79.9. The Labute approximate surface area is 117 Å². The number of hydrogen-bond donors (Lipinski definition) is 1. The number of nitrogens with one attached hydrogen (secondary N) is 1. The Morgan fingerprint density at radius 1 is 1.37 bits per heavy atom. The third-order valence-electron chi connectivity index (χ3n) is 2.44.